The number of hydrogen-bond donors (Lipinski definition) is 0. The number of aryl methyl sites for hydroxylation is 1. The van der Waals surface area contributed by atoms with Gasteiger partial charge in [-0.1, -0.05) is 11.6 Å². The van der Waals surface area contributed by atoms with Crippen LogP contribution in [-0.2, 0) is 25.5 Å². The Hall–Kier alpha value is -2.65. The van der Waals surface area contributed by atoms with E-state index in [2.05, 4.69) is 0 Å². The van der Waals surface area contributed by atoms with Crippen LogP contribution >= 0.6 is 11.6 Å². The summed E-state index contributed by atoms with van der Waals surface area (Å²) in [6.07, 6.45) is 3.71. The van der Waals surface area contributed by atoms with Crippen LogP contribution in [0.15, 0.2) is 29.3 Å². The molecule has 0 aromatic heterocycles. The summed E-state index contributed by atoms with van der Waals surface area (Å²) in [4.78, 5) is 38.5. The van der Waals surface area contributed by atoms with Crippen LogP contribution in [0, 0.1) is 17.2 Å². The van der Waals surface area contributed by atoms with Crippen LogP contribution in [0.2, 0.25) is 5.02 Å². The smallest absolute Gasteiger partial charge is 0.323 e. The molecule has 0 saturated heterocycles. The van der Waals surface area contributed by atoms with Crippen molar-refractivity contribution in [2.45, 2.75) is 45.4 Å². The zero-order chi connectivity index (χ0) is 20.3. The summed E-state index contributed by atoms with van der Waals surface area (Å²) in [6, 6.07) is 6.92. The van der Waals surface area contributed by atoms with E-state index in [1.165, 1.54) is 4.90 Å². The van der Waals surface area contributed by atoms with Gasteiger partial charge in [-0.15, -0.1) is 0 Å². The van der Waals surface area contributed by atoms with Crippen molar-refractivity contribution >= 4 is 35.1 Å². The van der Waals surface area contributed by atoms with E-state index < -0.39 is 11.9 Å². The molecule has 0 saturated carbocycles. The minimum absolute atomic E-state index is 0.212. The zero-order valence-electron chi connectivity index (χ0n) is 15.7. The molecule has 1 aliphatic carbocycles. The topological polar surface area (TPSA) is 87.5 Å². The van der Waals surface area contributed by atoms with E-state index in [0.29, 0.717) is 46.7 Å². The molecule has 1 aliphatic heterocycles. The molecule has 6 nitrogen and oxygen atoms in total. The van der Waals surface area contributed by atoms with Crippen LogP contribution < -0.4 is 4.90 Å². The van der Waals surface area contributed by atoms with Crippen molar-refractivity contribution in [3.63, 3.8) is 0 Å². The van der Waals surface area contributed by atoms with Crippen molar-refractivity contribution in [2.24, 2.45) is 5.92 Å². The Morgan fingerprint density at radius 2 is 1.89 bits per heavy atom. The van der Waals surface area contributed by atoms with E-state index in [1.807, 2.05) is 6.07 Å². The van der Waals surface area contributed by atoms with Crippen molar-refractivity contribution in [2.75, 3.05) is 11.5 Å². The molecule has 3 rings (SSSR count). The van der Waals surface area contributed by atoms with Gasteiger partial charge in [-0.3, -0.25) is 14.4 Å². The minimum Gasteiger partial charge on any atom is -0.465 e. The second kappa shape index (κ2) is 8.57. The lowest BCUT2D eigenvalue weighted by atomic mass is 9.93. The second-order valence-corrected chi connectivity index (χ2v) is 7.27. The fourth-order valence-corrected chi connectivity index (χ4v) is 3.86. The lowest BCUT2D eigenvalue weighted by Gasteiger charge is -2.17. The van der Waals surface area contributed by atoms with Crippen LogP contribution in [0.5, 0.6) is 0 Å². The zero-order valence-corrected chi connectivity index (χ0v) is 16.4. The number of ether oxygens (including phenoxy) is 1. The number of esters is 1. The van der Waals surface area contributed by atoms with Crippen molar-refractivity contribution in [1.29, 1.82) is 5.26 Å². The Labute approximate surface area is 168 Å². The largest absolute Gasteiger partial charge is 0.465 e. The van der Waals surface area contributed by atoms with Gasteiger partial charge in [0, 0.05) is 16.2 Å². The number of halogens is 1. The maximum atomic E-state index is 12.7. The summed E-state index contributed by atoms with van der Waals surface area (Å²) >= 11 is 6.27. The normalized spacial score (nSPS) is 17.4. The van der Waals surface area contributed by atoms with Gasteiger partial charge in [-0.25, -0.2) is 4.90 Å². The minimum atomic E-state index is -0.885. The molecule has 0 spiro atoms. The Balaban J connectivity index is 1.79. The Morgan fingerprint density at radius 3 is 2.46 bits per heavy atom. The summed E-state index contributed by atoms with van der Waals surface area (Å²) in [5, 5.41) is 9.66. The monoisotopic (exact) mass is 400 g/mol. The van der Waals surface area contributed by atoms with Gasteiger partial charge in [-0.2, -0.15) is 5.26 Å². The number of nitrogens with zero attached hydrogens (tertiary/aromatic N) is 2. The van der Waals surface area contributed by atoms with Crippen molar-refractivity contribution in [1.82, 2.24) is 0 Å². The molecule has 7 heteroatoms. The maximum Gasteiger partial charge on any atom is 0.323 e. The summed E-state index contributed by atoms with van der Waals surface area (Å²) in [7, 11) is 0. The molecule has 1 aromatic rings. The average Bonchev–Trinajstić information content (AvgIpc) is 2.95. The molecule has 28 heavy (non-hydrogen) atoms. The highest BCUT2D eigenvalue weighted by Gasteiger charge is 2.39. The summed E-state index contributed by atoms with van der Waals surface area (Å²) in [5.41, 5.74) is 2.39. The van der Waals surface area contributed by atoms with E-state index in [1.54, 1.807) is 25.1 Å². The molecule has 0 bridgehead atoms. The lowest BCUT2D eigenvalue weighted by molar-refractivity contribution is -0.146. The molecule has 0 N–H and O–H groups in total. The van der Waals surface area contributed by atoms with Gasteiger partial charge in [0.25, 0.3) is 11.8 Å². The fourth-order valence-electron chi connectivity index (χ4n) is 3.64. The van der Waals surface area contributed by atoms with Crippen LogP contribution in [0.4, 0.5) is 5.69 Å². The molecule has 146 valence electrons. The summed E-state index contributed by atoms with van der Waals surface area (Å²) in [5.74, 6) is -1.95. The number of anilines is 1. The molecule has 2 amide bonds. The Bertz CT molecular complexity index is 872. The molecule has 1 heterocycles. The van der Waals surface area contributed by atoms with Gasteiger partial charge in [0.15, 0.2) is 0 Å². The van der Waals surface area contributed by atoms with Crippen molar-refractivity contribution in [3.05, 3.63) is 39.9 Å². The third kappa shape index (κ3) is 3.81. The first-order valence-electron chi connectivity index (χ1n) is 9.43. The van der Waals surface area contributed by atoms with E-state index in [9.17, 15) is 19.6 Å². The number of carbonyl (C=O) groups is 3. The van der Waals surface area contributed by atoms with E-state index in [0.717, 1.165) is 12.8 Å². The third-order valence-electron chi connectivity index (χ3n) is 5.11. The predicted molar refractivity (Wildman–Crippen MR) is 103 cm³/mol. The maximum absolute atomic E-state index is 12.7. The number of rotatable bonds is 6. The van der Waals surface area contributed by atoms with Gasteiger partial charge in [0.2, 0.25) is 0 Å². The first-order chi connectivity index (χ1) is 13.5. The lowest BCUT2D eigenvalue weighted by Crippen LogP contribution is -2.31. The number of carbonyl (C=O) groups excluding carboxylic acids is 3. The first-order valence-corrected chi connectivity index (χ1v) is 9.81. The molecule has 2 aliphatic rings. The fraction of sp³-hybridized carbons (Fsp3) is 0.429. The van der Waals surface area contributed by atoms with Crippen LogP contribution in [0.25, 0.3) is 0 Å². The summed E-state index contributed by atoms with van der Waals surface area (Å²) < 4.78 is 4.90. The highest BCUT2D eigenvalue weighted by Crippen LogP contribution is 2.36. The highest BCUT2D eigenvalue weighted by molar-refractivity contribution is 6.34. The van der Waals surface area contributed by atoms with E-state index in [4.69, 9.17) is 16.3 Å². The average molecular weight is 401 g/mol. The molecular weight excluding hydrogens is 380 g/mol. The quantitative estimate of drug-likeness (QED) is 0.536. The van der Waals surface area contributed by atoms with Gasteiger partial charge < -0.3 is 4.74 Å². The van der Waals surface area contributed by atoms with E-state index >= 15 is 0 Å². The molecule has 0 radical (unpaired) electrons. The number of imide groups is 1. The highest BCUT2D eigenvalue weighted by atomic mass is 35.5. The molecule has 0 fully saturated rings. The second-order valence-electron chi connectivity index (χ2n) is 6.86. The third-order valence-corrected chi connectivity index (χ3v) is 5.48. The molecule has 1 unspecified atom stereocenters. The van der Waals surface area contributed by atoms with Crippen LogP contribution in [-0.4, -0.2) is 24.4 Å². The van der Waals surface area contributed by atoms with Gasteiger partial charge >= 0.3 is 5.97 Å². The van der Waals surface area contributed by atoms with Gasteiger partial charge in [0.1, 0.15) is 5.92 Å². The SMILES string of the molecule is CCOC(=O)C(C#N)CCc1cc(N2C(=O)C3=C(CCCC3)C2=O)ccc1Cl. The number of benzene rings is 1. The summed E-state index contributed by atoms with van der Waals surface area (Å²) in [6.45, 7) is 1.90. The Kier molecular flexibility index (Phi) is 6.15. The molecular formula is C21H21ClN2O4. The predicted octanol–water partition coefficient (Wildman–Crippen LogP) is 3.72. The van der Waals surface area contributed by atoms with Crippen molar-refractivity contribution < 1.29 is 19.1 Å². The van der Waals surface area contributed by atoms with Crippen LogP contribution in [0.1, 0.15) is 44.6 Å². The van der Waals surface area contributed by atoms with E-state index in [-0.39, 0.29) is 24.8 Å². The molecule has 1 aromatic carbocycles. The van der Waals surface area contributed by atoms with Gasteiger partial charge in [0.05, 0.1) is 18.4 Å². The number of nitriles is 1. The van der Waals surface area contributed by atoms with Gasteiger partial charge in [-0.05, 0) is 69.2 Å². The number of amides is 2. The van der Waals surface area contributed by atoms with Crippen molar-refractivity contribution in [3.8, 4) is 6.07 Å². The molecule has 1 atom stereocenters. The standard InChI is InChI=1S/C21H21ClN2O4/c1-2-28-21(27)14(12-23)8-7-13-11-15(9-10-18(13)22)24-19(25)16-5-3-4-6-17(16)20(24)26/h9-11,14H,2-8H2,1H3. The first kappa shape index (κ1) is 20.1. The number of hydrogen-bond acceptors (Lipinski definition) is 5. The Morgan fingerprint density at radius 1 is 1.25 bits per heavy atom. The van der Waals surface area contributed by atoms with Crippen LogP contribution in [0.3, 0.4) is 0 Å².